The summed E-state index contributed by atoms with van der Waals surface area (Å²) in [6.45, 7) is 34.1. The van der Waals surface area contributed by atoms with E-state index >= 15 is 0 Å². The molecule has 0 amide bonds. The molecule has 13 aromatic rings. The van der Waals surface area contributed by atoms with E-state index in [9.17, 15) is 42.2 Å². The minimum atomic E-state index is -1.01. The summed E-state index contributed by atoms with van der Waals surface area (Å²) in [5.41, 5.74) is 22.9. The molecule has 139 heavy (non-hydrogen) atoms. The summed E-state index contributed by atoms with van der Waals surface area (Å²) in [5, 5.41) is 7.51. The number of Topliss-reactive ketones (excluding diaryl/α,β-unsaturated/α-hetero) is 7. The number of aromatic nitrogens is 1. The predicted octanol–water partition coefficient (Wildman–Crippen LogP) is 29.5. The molecule has 16 rings (SSSR count). The van der Waals surface area contributed by atoms with Crippen LogP contribution in [-0.2, 0) is 76.4 Å². The maximum atomic E-state index is 13.9. The van der Waals surface area contributed by atoms with E-state index in [-0.39, 0.29) is 94.6 Å². The lowest BCUT2D eigenvalue weighted by Gasteiger charge is -2.49. The predicted molar refractivity (Wildman–Crippen MR) is 568 cm³/mol. The molecule has 0 saturated carbocycles. The quantitative estimate of drug-likeness (QED) is 0.0307. The molecule has 0 spiro atoms. The number of aryl methyl sites for hydroxylation is 2. The Balaban J connectivity index is 0.000000161. The van der Waals surface area contributed by atoms with E-state index in [1.54, 1.807) is 31.6 Å². The number of nitrogens with zero attached hydrogens (tertiary/aromatic N) is 1. The van der Waals surface area contributed by atoms with E-state index < -0.39 is 10.8 Å². The molecular formula is C124H135ClFNO11S. The number of carbonyl (C=O) groups excluding carboxylic acids is 7. The van der Waals surface area contributed by atoms with Gasteiger partial charge in [-0.15, -0.1) is 0 Å². The van der Waals surface area contributed by atoms with Crippen LogP contribution >= 0.6 is 11.6 Å². The van der Waals surface area contributed by atoms with Crippen LogP contribution in [0.2, 0.25) is 5.02 Å². The molecule has 1 aromatic heterocycles. The van der Waals surface area contributed by atoms with Crippen LogP contribution in [0.3, 0.4) is 0 Å². The van der Waals surface area contributed by atoms with Crippen molar-refractivity contribution in [1.29, 1.82) is 0 Å². The van der Waals surface area contributed by atoms with Gasteiger partial charge in [-0.3, -0.25) is 37.8 Å². The van der Waals surface area contributed by atoms with Crippen LogP contribution in [0.1, 0.15) is 224 Å². The monoisotopic (exact) mass is 1900 g/mol. The van der Waals surface area contributed by atoms with E-state index in [1.807, 2.05) is 268 Å². The van der Waals surface area contributed by atoms with Crippen molar-refractivity contribution in [2.24, 2.45) is 47.3 Å². The van der Waals surface area contributed by atoms with Gasteiger partial charge in [-0.25, -0.2) is 4.39 Å². The van der Waals surface area contributed by atoms with Gasteiger partial charge in [-0.1, -0.05) is 355 Å². The van der Waals surface area contributed by atoms with E-state index in [2.05, 4.69) is 116 Å². The molecule has 1 saturated heterocycles. The maximum Gasteiger partial charge on any atom is 0.170 e. The zero-order valence-corrected chi connectivity index (χ0v) is 85.7. The van der Waals surface area contributed by atoms with Gasteiger partial charge in [0.1, 0.15) is 52.0 Å². The summed E-state index contributed by atoms with van der Waals surface area (Å²) in [6.07, 6.45) is 9.02. The van der Waals surface area contributed by atoms with Gasteiger partial charge in [0.25, 0.3) is 0 Å². The fourth-order valence-corrected chi connectivity index (χ4v) is 18.7. The van der Waals surface area contributed by atoms with Crippen molar-refractivity contribution in [2.45, 2.75) is 198 Å². The molecule has 1 aliphatic heterocycles. The summed E-state index contributed by atoms with van der Waals surface area (Å²) >= 11 is 6.22. The van der Waals surface area contributed by atoms with Crippen LogP contribution in [0.4, 0.5) is 4.39 Å². The lowest BCUT2D eigenvalue weighted by atomic mass is 9.66. The molecule has 12 nitrogen and oxygen atoms in total. The van der Waals surface area contributed by atoms with Gasteiger partial charge in [0.15, 0.2) is 11.5 Å². The SMILES string of the molecule is CC(C)C(=O)CC(=O)c1ccc(-c2ccccc2)cc1.CC(C)C(=O)Cc1ccccc1Cc1ccccc1Cl.CC1=C(CC(=O)C(C)C)c2cc(F)ccc2C1=Cc1ccc(S(C)=O)cc1.CCC1(CC(=O)C(C)C)OCC(Cc2ccccc2)C2c3ccccc3CC21.COc1ccc(-c2noc(CC(=O)C(C)C)c2-c2ccc(C)cc2)cc1.Cc1ccc2cc(C(C)C(=O)C(C)C)ccc2c1. The van der Waals surface area contributed by atoms with E-state index in [1.165, 1.54) is 56.3 Å². The summed E-state index contributed by atoms with van der Waals surface area (Å²) in [5.74, 6) is 3.51. The second-order valence-corrected chi connectivity index (χ2v) is 40.6. The number of halogens is 2. The Kier molecular flexibility index (Phi) is 38.7. The Labute approximate surface area is 830 Å². The zero-order chi connectivity index (χ0) is 100. The highest BCUT2D eigenvalue weighted by Gasteiger charge is 2.54. The number of hydrogen-bond donors (Lipinski definition) is 0. The van der Waals surface area contributed by atoms with E-state index in [0.717, 1.165) is 132 Å². The molecule has 3 aliphatic rings. The van der Waals surface area contributed by atoms with Crippen LogP contribution in [0.15, 0.2) is 300 Å². The van der Waals surface area contributed by atoms with Crippen LogP contribution in [0, 0.1) is 67.0 Å². The largest absolute Gasteiger partial charge is 0.497 e. The number of ketones is 7. The first-order valence-electron chi connectivity index (χ1n) is 48.7. The molecule has 12 aromatic carbocycles. The van der Waals surface area contributed by atoms with Gasteiger partial charge < -0.3 is 14.0 Å². The fraction of sp³-hybridized carbons (Fsp3) is 0.323. The van der Waals surface area contributed by atoms with Crippen molar-refractivity contribution in [1.82, 2.24) is 5.16 Å². The number of fused-ring (bicyclic) bond motifs is 5. The Morgan fingerprint density at radius 1 is 0.525 bits per heavy atom. The van der Waals surface area contributed by atoms with Crippen molar-refractivity contribution >= 4 is 90.9 Å². The third-order valence-corrected chi connectivity index (χ3v) is 28.1. The Bertz CT molecular complexity index is 6500. The number of allylic oxidation sites excluding steroid dienone is 3. The molecule has 1 fully saturated rings. The van der Waals surface area contributed by atoms with Gasteiger partial charge in [0, 0.05) is 98.8 Å². The Morgan fingerprint density at radius 3 is 1.68 bits per heavy atom. The third-order valence-electron chi connectivity index (χ3n) is 26.8. The minimum absolute atomic E-state index is 0.0116. The third kappa shape index (κ3) is 28.6. The molecule has 15 heteroatoms. The number of hydrogen-bond acceptors (Lipinski definition) is 12. The zero-order valence-electron chi connectivity index (χ0n) is 84.2. The molecule has 2 aliphatic carbocycles. The molecule has 0 N–H and O–H groups in total. The minimum Gasteiger partial charge on any atom is -0.497 e. The summed E-state index contributed by atoms with van der Waals surface area (Å²) in [7, 11) is 0.624. The normalized spacial score (nSPS) is 15.7. The van der Waals surface area contributed by atoms with Crippen LogP contribution in [0.5, 0.6) is 5.75 Å². The van der Waals surface area contributed by atoms with E-state index in [0.29, 0.717) is 59.9 Å². The smallest absolute Gasteiger partial charge is 0.170 e. The molecule has 6 atom stereocenters. The van der Waals surface area contributed by atoms with Crippen LogP contribution < -0.4 is 4.74 Å². The summed E-state index contributed by atoms with van der Waals surface area (Å²) in [6, 6.07) is 93.9. The molecule has 722 valence electrons. The summed E-state index contributed by atoms with van der Waals surface area (Å²) < 4.78 is 42.9. The Morgan fingerprint density at radius 2 is 1.07 bits per heavy atom. The standard InChI is InChI=1S/C26H32O2.C23H23FO2S.C22H23NO3.C18H19ClO.C18H18O2.C17H20O/c1-4-26(16-24(27)18(2)3)23-15-20-12-8-9-13-22(20)25(23)21(17-28-26)14-19-10-6-5-7-11-19;1-14(2)23(25)13-21-15(3)20(19-10-7-17(24)12-22(19)21)11-16-5-8-18(9-6-16)27(4)26;1-14(2)19(24)13-20-21(16-7-5-15(3)6-8-16)22(23-26-20)17-9-11-18(25-4)12-10-17;1-13(2)18(20)12-15-8-4-3-7-14(15)11-16-9-5-6-10-17(16)19;1-13(2)17(19)12-18(20)16-10-8-15(9-11-16)14-6-4-3-5-7-14;1-11(2)17(18)13(4)14-7-8-15-9-12(3)5-6-16(15)10-14/h5-13,18,21,23,25H,4,14-17H2,1-3H3;5-12,14H,13H2,1-4H3;5-12,14H,13H2,1-4H3;3-10,13H,11-12H2,1-2H3;3-11,13H,12H2,1-2H3;5-11,13H,1-4H3. The van der Waals surface area contributed by atoms with Gasteiger partial charge in [-0.2, -0.15) is 0 Å². The Hall–Kier alpha value is -12.6. The van der Waals surface area contributed by atoms with Crippen molar-refractivity contribution in [2.75, 3.05) is 20.0 Å². The summed E-state index contributed by atoms with van der Waals surface area (Å²) in [4.78, 5) is 85.7. The van der Waals surface area contributed by atoms with Crippen molar-refractivity contribution in [3.05, 3.63) is 380 Å². The molecule has 2 heterocycles. The topological polar surface area (TPSA) is 181 Å². The van der Waals surface area contributed by atoms with Gasteiger partial charge in [0.05, 0.1) is 37.7 Å². The first-order chi connectivity index (χ1) is 66.4. The van der Waals surface area contributed by atoms with Crippen LogP contribution in [0.25, 0.3) is 61.5 Å². The highest BCUT2D eigenvalue weighted by molar-refractivity contribution is 7.84. The molecule has 6 unspecified atom stereocenters. The number of ether oxygens (including phenoxy) is 2. The van der Waals surface area contributed by atoms with Crippen molar-refractivity contribution < 1.29 is 56.2 Å². The first kappa shape index (κ1) is 107. The number of carbonyl (C=O) groups is 7. The van der Waals surface area contributed by atoms with Gasteiger partial charge in [-0.05, 0) is 225 Å². The average molecular weight is 1900 g/mol. The fourth-order valence-electron chi connectivity index (χ4n) is 17.9. The maximum absolute atomic E-state index is 13.9. The van der Waals surface area contributed by atoms with Crippen molar-refractivity contribution in [3.8, 4) is 39.3 Å². The highest BCUT2D eigenvalue weighted by atomic mass is 35.5. The second kappa shape index (κ2) is 50.3. The molecule has 0 radical (unpaired) electrons. The first-order valence-corrected chi connectivity index (χ1v) is 50.7. The van der Waals surface area contributed by atoms with Crippen LogP contribution in [-0.4, -0.2) is 75.4 Å². The van der Waals surface area contributed by atoms with Gasteiger partial charge in [0.2, 0.25) is 0 Å². The molecule has 0 bridgehead atoms. The lowest BCUT2D eigenvalue weighted by Crippen LogP contribution is -2.51. The number of rotatable bonds is 30. The van der Waals surface area contributed by atoms with Gasteiger partial charge >= 0.3 is 0 Å². The van der Waals surface area contributed by atoms with Crippen molar-refractivity contribution in [3.63, 3.8) is 0 Å². The highest BCUT2D eigenvalue weighted by Crippen LogP contribution is 2.55. The second-order valence-electron chi connectivity index (χ2n) is 38.8. The number of benzene rings is 12. The lowest BCUT2D eigenvalue weighted by molar-refractivity contribution is -0.162. The van der Waals surface area contributed by atoms with E-state index in [4.69, 9.17) is 25.6 Å². The average Bonchev–Trinajstić information content (AvgIpc) is 1.59. The number of methoxy groups -OCH3 is 1. The molecular weight excluding hydrogens is 1770 g/mol.